The molecular formula is C12H15ClN4. The van der Waals surface area contributed by atoms with Crippen molar-refractivity contribution in [1.29, 1.82) is 0 Å². The van der Waals surface area contributed by atoms with E-state index in [4.69, 9.17) is 11.6 Å². The van der Waals surface area contributed by atoms with Crippen LogP contribution in [0.15, 0.2) is 30.5 Å². The zero-order chi connectivity index (χ0) is 12.3. The fourth-order valence-electron chi connectivity index (χ4n) is 1.56. The van der Waals surface area contributed by atoms with Crippen molar-refractivity contribution in [3.8, 4) is 5.69 Å². The summed E-state index contributed by atoms with van der Waals surface area (Å²) in [6, 6.07) is 7.97. The summed E-state index contributed by atoms with van der Waals surface area (Å²) in [5, 5.41) is 12.1. The number of nitrogens with zero attached hydrogens (tertiary/aromatic N) is 3. The molecular weight excluding hydrogens is 236 g/mol. The molecule has 0 saturated heterocycles. The highest BCUT2D eigenvalue weighted by atomic mass is 35.5. The lowest BCUT2D eigenvalue weighted by atomic mass is 10.2. The van der Waals surface area contributed by atoms with Crippen LogP contribution >= 0.6 is 11.6 Å². The second-order valence-corrected chi connectivity index (χ2v) is 4.41. The Bertz CT molecular complexity index is 495. The zero-order valence-electron chi connectivity index (χ0n) is 9.89. The van der Waals surface area contributed by atoms with E-state index in [-0.39, 0.29) is 0 Å². The van der Waals surface area contributed by atoms with Gasteiger partial charge < -0.3 is 5.32 Å². The third kappa shape index (κ3) is 2.84. The van der Waals surface area contributed by atoms with Crippen molar-refractivity contribution in [3.05, 3.63) is 41.2 Å². The third-order valence-corrected chi connectivity index (χ3v) is 2.97. The summed E-state index contributed by atoms with van der Waals surface area (Å²) in [4.78, 5) is 0. The summed E-state index contributed by atoms with van der Waals surface area (Å²) in [6.45, 7) is 2.11. The number of hydrogen-bond donors (Lipinski definition) is 1. The minimum atomic E-state index is 0.381. The van der Waals surface area contributed by atoms with E-state index < -0.39 is 0 Å². The number of halogens is 1. The van der Waals surface area contributed by atoms with Crippen molar-refractivity contribution in [3.63, 3.8) is 0 Å². The Morgan fingerprint density at radius 3 is 2.88 bits per heavy atom. The molecule has 0 amide bonds. The molecule has 5 heteroatoms. The highest BCUT2D eigenvalue weighted by molar-refractivity contribution is 6.32. The Balaban J connectivity index is 2.21. The predicted molar refractivity (Wildman–Crippen MR) is 68.6 cm³/mol. The number of likely N-dealkylation sites (N-methyl/N-ethyl adjacent to an activating group) is 1. The van der Waals surface area contributed by atoms with Gasteiger partial charge in [0.05, 0.1) is 22.6 Å². The topological polar surface area (TPSA) is 42.7 Å². The van der Waals surface area contributed by atoms with Crippen LogP contribution in [-0.4, -0.2) is 28.1 Å². The lowest BCUT2D eigenvalue weighted by Gasteiger charge is -2.06. The van der Waals surface area contributed by atoms with Crippen molar-refractivity contribution >= 4 is 11.6 Å². The van der Waals surface area contributed by atoms with Gasteiger partial charge in [0.15, 0.2) is 0 Å². The first kappa shape index (κ1) is 12.1. The maximum absolute atomic E-state index is 6.10. The van der Waals surface area contributed by atoms with Gasteiger partial charge in [-0.2, -0.15) is 0 Å². The number of rotatable bonds is 4. The Hall–Kier alpha value is -1.39. The molecule has 1 heterocycles. The predicted octanol–water partition coefficient (Wildman–Crippen LogP) is 2.07. The van der Waals surface area contributed by atoms with Crippen LogP contribution in [0.3, 0.4) is 0 Å². The maximum atomic E-state index is 6.10. The first-order valence-electron chi connectivity index (χ1n) is 5.54. The van der Waals surface area contributed by atoms with E-state index in [9.17, 15) is 0 Å². The number of nitrogens with one attached hydrogen (secondary N) is 1. The van der Waals surface area contributed by atoms with Crippen LogP contribution in [0.1, 0.15) is 12.6 Å². The Labute approximate surface area is 106 Å². The second kappa shape index (κ2) is 5.29. The third-order valence-electron chi connectivity index (χ3n) is 2.65. The standard InChI is InChI=1S/C12H15ClN4/c1-9(14-2)7-10-8-17(16-15-10)12-6-4-3-5-11(12)13/h3-6,8-9,14H,7H2,1-2H3. The van der Waals surface area contributed by atoms with Gasteiger partial charge in [0, 0.05) is 12.5 Å². The highest BCUT2D eigenvalue weighted by Crippen LogP contribution is 2.18. The maximum Gasteiger partial charge on any atom is 0.0849 e. The van der Waals surface area contributed by atoms with E-state index in [0.717, 1.165) is 17.8 Å². The van der Waals surface area contributed by atoms with Crippen molar-refractivity contribution in [2.24, 2.45) is 0 Å². The monoisotopic (exact) mass is 250 g/mol. The second-order valence-electron chi connectivity index (χ2n) is 4.00. The van der Waals surface area contributed by atoms with Crippen LogP contribution in [0.5, 0.6) is 0 Å². The summed E-state index contributed by atoms with van der Waals surface area (Å²) < 4.78 is 1.71. The molecule has 1 unspecified atom stereocenters. The average molecular weight is 251 g/mol. The molecule has 0 radical (unpaired) electrons. The molecule has 4 nitrogen and oxygen atoms in total. The molecule has 1 atom stereocenters. The Morgan fingerprint density at radius 1 is 1.41 bits per heavy atom. The average Bonchev–Trinajstić information content (AvgIpc) is 2.78. The first-order valence-corrected chi connectivity index (χ1v) is 5.92. The summed E-state index contributed by atoms with van der Waals surface area (Å²) in [7, 11) is 1.93. The van der Waals surface area contributed by atoms with Gasteiger partial charge >= 0.3 is 0 Å². The summed E-state index contributed by atoms with van der Waals surface area (Å²) in [6.07, 6.45) is 2.76. The molecule has 1 N–H and O–H groups in total. The number of benzene rings is 1. The largest absolute Gasteiger partial charge is 0.317 e. The van der Waals surface area contributed by atoms with Crippen molar-refractivity contribution in [1.82, 2.24) is 20.3 Å². The highest BCUT2D eigenvalue weighted by Gasteiger charge is 2.08. The van der Waals surface area contributed by atoms with Gasteiger partial charge in [-0.15, -0.1) is 5.10 Å². The fraction of sp³-hybridized carbons (Fsp3) is 0.333. The lowest BCUT2D eigenvalue weighted by molar-refractivity contribution is 0.599. The molecule has 90 valence electrons. The minimum Gasteiger partial charge on any atom is -0.317 e. The van der Waals surface area contributed by atoms with E-state index in [1.54, 1.807) is 4.68 Å². The van der Waals surface area contributed by atoms with Crippen LogP contribution in [0.2, 0.25) is 5.02 Å². The van der Waals surface area contributed by atoms with Gasteiger partial charge in [-0.3, -0.25) is 0 Å². The van der Waals surface area contributed by atoms with Gasteiger partial charge in [-0.05, 0) is 26.1 Å². The molecule has 17 heavy (non-hydrogen) atoms. The van der Waals surface area contributed by atoms with Crippen LogP contribution in [-0.2, 0) is 6.42 Å². The number of hydrogen-bond acceptors (Lipinski definition) is 3. The summed E-state index contributed by atoms with van der Waals surface area (Å²) in [5.41, 5.74) is 1.80. The molecule has 0 aliphatic rings. The van der Waals surface area contributed by atoms with Gasteiger partial charge in [0.2, 0.25) is 0 Å². The molecule has 0 saturated carbocycles. The van der Waals surface area contributed by atoms with Gasteiger partial charge in [-0.25, -0.2) is 4.68 Å². The number of aromatic nitrogens is 3. The van der Waals surface area contributed by atoms with E-state index in [1.807, 2.05) is 37.5 Å². The molecule has 0 aliphatic carbocycles. The van der Waals surface area contributed by atoms with Gasteiger partial charge in [0.25, 0.3) is 0 Å². The molecule has 0 aliphatic heterocycles. The molecule has 0 spiro atoms. The normalized spacial score (nSPS) is 12.6. The quantitative estimate of drug-likeness (QED) is 0.904. The SMILES string of the molecule is CNC(C)Cc1cn(-c2ccccc2Cl)nn1. The smallest absolute Gasteiger partial charge is 0.0849 e. The Kier molecular flexibility index (Phi) is 3.76. The minimum absolute atomic E-state index is 0.381. The van der Waals surface area contributed by atoms with E-state index in [1.165, 1.54) is 0 Å². The zero-order valence-corrected chi connectivity index (χ0v) is 10.6. The molecule has 0 fully saturated rings. The van der Waals surface area contributed by atoms with Gasteiger partial charge in [0.1, 0.15) is 0 Å². The van der Waals surface area contributed by atoms with Crippen LogP contribution < -0.4 is 5.32 Å². The molecule has 2 aromatic rings. The summed E-state index contributed by atoms with van der Waals surface area (Å²) in [5.74, 6) is 0. The molecule has 1 aromatic heterocycles. The number of para-hydroxylation sites is 1. The van der Waals surface area contributed by atoms with Crippen LogP contribution in [0.4, 0.5) is 0 Å². The molecule has 1 aromatic carbocycles. The van der Waals surface area contributed by atoms with E-state index >= 15 is 0 Å². The van der Waals surface area contributed by atoms with Crippen molar-refractivity contribution in [2.45, 2.75) is 19.4 Å². The van der Waals surface area contributed by atoms with Gasteiger partial charge in [-0.1, -0.05) is 28.9 Å². The van der Waals surface area contributed by atoms with Crippen LogP contribution in [0.25, 0.3) is 5.69 Å². The lowest BCUT2D eigenvalue weighted by Crippen LogP contribution is -2.23. The van der Waals surface area contributed by atoms with Crippen molar-refractivity contribution < 1.29 is 0 Å². The summed E-state index contributed by atoms with van der Waals surface area (Å²) >= 11 is 6.10. The van der Waals surface area contributed by atoms with E-state index in [0.29, 0.717) is 11.1 Å². The fourth-order valence-corrected chi connectivity index (χ4v) is 1.79. The Morgan fingerprint density at radius 2 is 2.18 bits per heavy atom. The first-order chi connectivity index (χ1) is 8.20. The molecule has 0 bridgehead atoms. The van der Waals surface area contributed by atoms with Crippen molar-refractivity contribution in [2.75, 3.05) is 7.05 Å². The molecule has 2 rings (SSSR count). The van der Waals surface area contributed by atoms with E-state index in [2.05, 4.69) is 22.6 Å². The van der Waals surface area contributed by atoms with Crippen LogP contribution in [0, 0.1) is 0 Å².